The van der Waals surface area contributed by atoms with Gasteiger partial charge in [0.15, 0.2) is 0 Å². The van der Waals surface area contributed by atoms with Crippen molar-refractivity contribution in [2.24, 2.45) is 7.05 Å². The molecule has 0 aliphatic carbocycles. The van der Waals surface area contributed by atoms with E-state index in [0.717, 1.165) is 0 Å². The molecule has 0 amide bonds. The third-order valence-electron chi connectivity index (χ3n) is 2.63. The normalized spacial score (nSPS) is 11.6. The van der Waals surface area contributed by atoms with Crippen molar-refractivity contribution in [1.82, 2.24) is 14.8 Å². The lowest BCUT2D eigenvalue weighted by molar-refractivity contribution is 0.596. The van der Waals surface area contributed by atoms with Crippen molar-refractivity contribution in [3.05, 3.63) is 35.4 Å². The fourth-order valence-electron chi connectivity index (χ4n) is 1.88. The molecule has 0 saturated heterocycles. The molecule has 0 spiro atoms. The van der Waals surface area contributed by atoms with Gasteiger partial charge in [0.05, 0.1) is 4.90 Å². The maximum absolute atomic E-state index is 13.2. The van der Waals surface area contributed by atoms with Crippen LogP contribution >= 0.6 is 0 Å². The van der Waals surface area contributed by atoms with Crippen molar-refractivity contribution in [3.8, 4) is 0 Å². The number of nitrogens with one attached hydrogen (secondary N) is 1. The van der Waals surface area contributed by atoms with Crippen LogP contribution in [0.3, 0.4) is 0 Å². The third kappa shape index (κ3) is 2.58. The van der Waals surface area contributed by atoms with Gasteiger partial charge >= 0.3 is 0 Å². The molecule has 0 fully saturated rings. The van der Waals surface area contributed by atoms with Gasteiger partial charge in [-0.05, 0) is 37.1 Å². The Hall–Kier alpha value is -1.96. The molecule has 19 heavy (non-hydrogen) atoms. The van der Waals surface area contributed by atoms with Crippen molar-refractivity contribution in [2.75, 3.05) is 4.72 Å². The van der Waals surface area contributed by atoms with E-state index < -0.39 is 15.8 Å². The van der Waals surface area contributed by atoms with Gasteiger partial charge in [-0.1, -0.05) is 0 Å². The lowest BCUT2D eigenvalue weighted by Crippen LogP contribution is -2.18. The van der Waals surface area contributed by atoms with Crippen molar-refractivity contribution < 1.29 is 12.8 Å². The molecule has 1 heterocycles. The van der Waals surface area contributed by atoms with E-state index in [1.165, 1.54) is 23.1 Å². The van der Waals surface area contributed by atoms with Crippen molar-refractivity contribution >= 4 is 16.0 Å². The van der Waals surface area contributed by atoms with E-state index in [2.05, 4.69) is 14.8 Å². The number of rotatable bonds is 3. The van der Waals surface area contributed by atoms with Gasteiger partial charge in [-0.2, -0.15) is 10.1 Å². The van der Waals surface area contributed by atoms with Crippen molar-refractivity contribution in [3.63, 3.8) is 0 Å². The maximum Gasteiger partial charge on any atom is 0.264 e. The summed E-state index contributed by atoms with van der Waals surface area (Å²) in [5.74, 6) is -0.365. The summed E-state index contributed by atoms with van der Waals surface area (Å²) in [6.07, 6.45) is 1.24. The largest absolute Gasteiger partial charge is 0.264 e. The van der Waals surface area contributed by atoms with Gasteiger partial charge in [0, 0.05) is 7.05 Å². The van der Waals surface area contributed by atoms with Crippen LogP contribution in [0.2, 0.25) is 0 Å². The Balaban J connectivity index is 2.49. The molecular formula is C11H13FN4O2S. The lowest BCUT2D eigenvalue weighted by atomic mass is 10.1. The Labute approximate surface area is 110 Å². The summed E-state index contributed by atoms with van der Waals surface area (Å²) < 4.78 is 41.4. The molecule has 0 radical (unpaired) electrons. The number of aryl methyl sites for hydroxylation is 3. The summed E-state index contributed by atoms with van der Waals surface area (Å²) in [6, 6.07) is 2.36. The molecule has 0 unspecified atom stereocenters. The molecule has 6 nitrogen and oxygen atoms in total. The van der Waals surface area contributed by atoms with Crippen LogP contribution in [-0.4, -0.2) is 23.2 Å². The summed E-state index contributed by atoms with van der Waals surface area (Å²) in [7, 11) is -2.26. The van der Waals surface area contributed by atoms with E-state index in [0.29, 0.717) is 11.1 Å². The van der Waals surface area contributed by atoms with Crippen LogP contribution in [0, 0.1) is 19.7 Å². The van der Waals surface area contributed by atoms with Crippen molar-refractivity contribution in [2.45, 2.75) is 18.7 Å². The molecule has 0 aliphatic rings. The van der Waals surface area contributed by atoms with Gasteiger partial charge in [0.25, 0.3) is 10.0 Å². The minimum atomic E-state index is -3.82. The summed E-state index contributed by atoms with van der Waals surface area (Å²) in [5.41, 5.74) is 0.680. The van der Waals surface area contributed by atoms with Gasteiger partial charge in [-0.15, -0.1) is 0 Å². The minimum Gasteiger partial charge on any atom is -0.247 e. The van der Waals surface area contributed by atoms with Gasteiger partial charge in [0.2, 0.25) is 5.95 Å². The number of sulfonamides is 1. The van der Waals surface area contributed by atoms with Gasteiger partial charge in [0.1, 0.15) is 12.1 Å². The number of hydrogen-bond acceptors (Lipinski definition) is 4. The fourth-order valence-corrected chi connectivity index (χ4v) is 3.37. The monoisotopic (exact) mass is 284 g/mol. The Morgan fingerprint density at radius 1 is 1.26 bits per heavy atom. The number of halogens is 1. The Morgan fingerprint density at radius 3 is 2.32 bits per heavy atom. The second-order valence-electron chi connectivity index (χ2n) is 4.18. The molecule has 0 aliphatic heterocycles. The average molecular weight is 284 g/mol. The van der Waals surface area contributed by atoms with Crippen LogP contribution in [-0.2, 0) is 17.1 Å². The molecule has 1 aromatic carbocycles. The van der Waals surface area contributed by atoms with Crippen molar-refractivity contribution in [1.29, 1.82) is 0 Å². The van der Waals surface area contributed by atoms with Crippen LogP contribution in [0.15, 0.2) is 23.4 Å². The topological polar surface area (TPSA) is 76.9 Å². The molecule has 1 aromatic heterocycles. The first-order valence-electron chi connectivity index (χ1n) is 5.45. The van der Waals surface area contributed by atoms with Crippen LogP contribution in [0.1, 0.15) is 11.1 Å². The predicted molar refractivity (Wildman–Crippen MR) is 67.7 cm³/mol. The van der Waals surface area contributed by atoms with E-state index in [4.69, 9.17) is 0 Å². The molecule has 102 valence electrons. The smallest absolute Gasteiger partial charge is 0.247 e. The highest BCUT2D eigenvalue weighted by atomic mass is 32.2. The second kappa shape index (κ2) is 4.61. The van der Waals surface area contributed by atoms with E-state index >= 15 is 0 Å². The lowest BCUT2D eigenvalue weighted by Gasteiger charge is -2.12. The van der Waals surface area contributed by atoms with Crippen LogP contribution in [0.5, 0.6) is 0 Å². The van der Waals surface area contributed by atoms with Crippen LogP contribution in [0.4, 0.5) is 10.3 Å². The minimum absolute atomic E-state index is 0.0527. The first-order chi connectivity index (χ1) is 8.81. The van der Waals surface area contributed by atoms with Gasteiger partial charge < -0.3 is 0 Å². The van der Waals surface area contributed by atoms with Crippen LogP contribution < -0.4 is 4.72 Å². The average Bonchev–Trinajstić information content (AvgIpc) is 2.61. The SMILES string of the molecule is Cc1cc(F)cc(C)c1S(=O)(=O)Nc1ncnn1C. The number of aromatic nitrogens is 3. The molecule has 1 N–H and O–H groups in total. The zero-order valence-electron chi connectivity index (χ0n) is 10.7. The molecule has 2 aromatic rings. The number of benzene rings is 1. The van der Waals surface area contributed by atoms with E-state index in [9.17, 15) is 12.8 Å². The third-order valence-corrected chi connectivity index (χ3v) is 4.26. The van der Waals surface area contributed by atoms with Gasteiger partial charge in [-0.25, -0.2) is 22.2 Å². The molecule has 0 bridgehead atoms. The predicted octanol–water partition coefficient (Wildman–Crippen LogP) is 1.37. The second-order valence-corrected chi connectivity index (χ2v) is 5.80. The summed E-state index contributed by atoms with van der Waals surface area (Å²) in [6.45, 7) is 3.09. The quantitative estimate of drug-likeness (QED) is 0.923. The zero-order chi connectivity index (χ0) is 14.2. The standard InChI is InChI=1S/C11H13FN4O2S/c1-7-4-9(12)5-8(2)10(7)19(17,18)15-11-13-6-14-16(11)3/h4-6H,1-3H3,(H,13,14,15). The first kappa shape index (κ1) is 13.5. The Kier molecular flexibility index (Phi) is 3.27. The van der Waals surface area contributed by atoms with E-state index in [1.807, 2.05) is 0 Å². The number of anilines is 1. The summed E-state index contributed by atoms with van der Waals surface area (Å²) >= 11 is 0. The number of hydrogen-bond donors (Lipinski definition) is 1. The Bertz CT molecular complexity index is 701. The Morgan fingerprint density at radius 2 is 1.84 bits per heavy atom. The highest BCUT2D eigenvalue weighted by Crippen LogP contribution is 2.23. The highest BCUT2D eigenvalue weighted by Gasteiger charge is 2.22. The first-order valence-corrected chi connectivity index (χ1v) is 6.93. The van der Waals surface area contributed by atoms with Crippen LogP contribution in [0.25, 0.3) is 0 Å². The maximum atomic E-state index is 13.2. The summed E-state index contributed by atoms with van der Waals surface area (Å²) in [4.78, 5) is 3.84. The van der Waals surface area contributed by atoms with E-state index in [-0.39, 0.29) is 10.8 Å². The van der Waals surface area contributed by atoms with Gasteiger partial charge in [-0.3, -0.25) is 0 Å². The molecule has 0 saturated carbocycles. The summed E-state index contributed by atoms with van der Waals surface area (Å²) in [5, 5.41) is 3.77. The van der Waals surface area contributed by atoms with E-state index in [1.54, 1.807) is 20.9 Å². The molecule has 0 atom stereocenters. The molecule has 2 rings (SSSR count). The zero-order valence-corrected chi connectivity index (χ0v) is 11.5. The fraction of sp³-hybridized carbons (Fsp3) is 0.273. The molecular weight excluding hydrogens is 271 g/mol. The molecule has 8 heteroatoms. The number of nitrogens with zero attached hydrogens (tertiary/aromatic N) is 3. The highest BCUT2D eigenvalue weighted by molar-refractivity contribution is 7.92.